The van der Waals surface area contributed by atoms with Gasteiger partial charge in [-0.1, -0.05) is 56.7 Å². The molecular weight excluding hydrogens is 282 g/mol. The van der Waals surface area contributed by atoms with Crippen LogP contribution in [0.15, 0.2) is 18.2 Å². The number of halogens is 1. The molecule has 1 atom stereocenters. The molecule has 1 N–H and O–H groups in total. The fourth-order valence-electron chi connectivity index (χ4n) is 3.46. The Hall–Kier alpha value is -0.730. The van der Waals surface area contributed by atoms with Crippen molar-refractivity contribution >= 4 is 11.6 Å². The lowest BCUT2D eigenvalue weighted by molar-refractivity contribution is 0.291. The molecule has 1 fully saturated rings. The third-order valence-electron chi connectivity index (χ3n) is 4.59. The van der Waals surface area contributed by atoms with Gasteiger partial charge in [0.15, 0.2) is 0 Å². The minimum atomic E-state index is 0.367. The number of nitrogens with one attached hydrogen (secondary N) is 1. The summed E-state index contributed by atoms with van der Waals surface area (Å²) in [6.45, 7) is 3.15. The molecule has 1 saturated carbocycles. The van der Waals surface area contributed by atoms with Crippen LogP contribution in [-0.4, -0.2) is 13.7 Å². The van der Waals surface area contributed by atoms with Crippen molar-refractivity contribution in [2.45, 2.75) is 57.9 Å². The summed E-state index contributed by atoms with van der Waals surface area (Å²) in [5.41, 5.74) is 1.23. The first-order valence-electron chi connectivity index (χ1n) is 8.33. The summed E-state index contributed by atoms with van der Waals surface area (Å²) >= 11 is 6.51. The number of ether oxygens (including phenoxy) is 1. The average molecular weight is 310 g/mol. The van der Waals surface area contributed by atoms with Crippen LogP contribution in [0.4, 0.5) is 0 Å². The summed E-state index contributed by atoms with van der Waals surface area (Å²) in [5, 5.41) is 4.49. The van der Waals surface area contributed by atoms with Crippen LogP contribution >= 0.6 is 11.6 Å². The zero-order chi connectivity index (χ0) is 15.1. The van der Waals surface area contributed by atoms with E-state index in [1.807, 2.05) is 12.1 Å². The molecule has 1 aromatic rings. The van der Waals surface area contributed by atoms with Crippen LogP contribution in [0.3, 0.4) is 0 Å². The Balaban J connectivity index is 2.20. The fraction of sp³-hybridized carbons (Fsp3) is 0.667. The van der Waals surface area contributed by atoms with Crippen molar-refractivity contribution in [1.82, 2.24) is 5.32 Å². The number of hydrogen-bond acceptors (Lipinski definition) is 2. The van der Waals surface area contributed by atoms with Crippen LogP contribution in [0.1, 0.15) is 63.5 Å². The first-order valence-corrected chi connectivity index (χ1v) is 8.71. The molecule has 0 bridgehead atoms. The standard InChI is InChI=1S/C18H28ClNO/c1-3-20-18(14-9-7-5-4-6-8-10-14)16-12-11-15(21-2)13-17(16)19/h11-14,18,20H,3-10H2,1-2H3. The van der Waals surface area contributed by atoms with E-state index in [0.717, 1.165) is 17.3 Å². The second-order valence-corrected chi connectivity index (χ2v) is 6.44. The van der Waals surface area contributed by atoms with Gasteiger partial charge in [0.25, 0.3) is 0 Å². The third-order valence-corrected chi connectivity index (χ3v) is 4.92. The molecule has 118 valence electrons. The third kappa shape index (κ3) is 4.62. The predicted molar refractivity (Wildman–Crippen MR) is 90.2 cm³/mol. The molecule has 2 nitrogen and oxygen atoms in total. The van der Waals surface area contributed by atoms with Gasteiger partial charge in [-0.15, -0.1) is 0 Å². The number of benzene rings is 1. The highest BCUT2D eigenvalue weighted by atomic mass is 35.5. The van der Waals surface area contributed by atoms with Gasteiger partial charge in [-0.2, -0.15) is 0 Å². The van der Waals surface area contributed by atoms with Crippen molar-refractivity contribution in [3.63, 3.8) is 0 Å². The number of hydrogen-bond donors (Lipinski definition) is 1. The lowest BCUT2D eigenvalue weighted by Gasteiger charge is -2.30. The molecule has 21 heavy (non-hydrogen) atoms. The fourth-order valence-corrected chi connectivity index (χ4v) is 3.75. The van der Waals surface area contributed by atoms with E-state index in [-0.39, 0.29) is 0 Å². The summed E-state index contributed by atoms with van der Waals surface area (Å²) in [5.74, 6) is 1.52. The topological polar surface area (TPSA) is 21.3 Å². The molecule has 0 aromatic heterocycles. The summed E-state index contributed by atoms with van der Waals surface area (Å²) < 4.78 is 5.27. The van der Waals surface area contributed by atoms with Gasteiger partial charge in [-0.3, -0.25) is 0 Å². The van der Waals surface area contributed by atoms with Gasteiger partial charge in [-0.05, 0) is 43.0 Å². The van der Waals surface area contributed by atoms with Gasteiger partial charge in [0.05, 0.1) is 7.11 Å². The number of rotatable bonds is 5. The molecule has 1 aliphatic rings. The second-order valence-electron chi connectivity index (χ2n) is 6.03. The minimum Gasteiger partial charge on any atom is -0.497 e. The highest BCUT2D eigenvalue weighted by molar-refractivity contribution is 6.31. The van der Waals surface area contributed by atoms with E-state index in [9.17, 15) is 0 Å². The van der Waals surface area contributed by atoms with Gasteiger partial charge in [0.2, 0.25) is 0 Å². The first-order chi connectivity index (χ1) is 10.3. The second kappa shape index (κ2) is 8.65. The van der Waals surface area contributed by atoms with Gasteiger partial charge >= 0.3 is 0 Å². The van der Waals surface area contributed by atoms with E-state index in [1.54, 1.807) is 7.11 Å². The summed E-state index contributed by atoms with van der Waals surface area (Å²) in [7, 11) is 1.68. The maximum atomic E-state index is 6.51. The Morgan fingerprint density at radius 1 is 1.19 bits per heavy atom. The Labute approximate surface area is 134 Å². The zero-order valence-corrected chi connectivity index (χ0v) is 14.1. The van der Waals surface area contributed by atoms with Crippen molar-refractivity contribution in [2.75, 3.05) is 13.7 Å². The molecule has 0 amide bonds. The van der Waals surface area contributed by atoms with Crippen LogP contribution < -0.4 is 10.1 Å². The van der Waals surface area contributed by atoms with E-state index < -0.39 is 0 Å². The molecule has 2 rings (SSSR count). The van der Waals surface area contributed by atoms with E-state index in [2.05, 4.69) is 18.3 Å². The maximum Gasteiger partial charge on any atom is 0.120 e. The van der Waals surface area contributed by atoms with Gasteiger partial charge in [0.1, 0.15) is 5.75 Å². The van der Waals surface area contributed by atoms with Crippen LogP contribution in [0, 0.1) is 5.92 Å². The van der Waals surface area contributed by atoms with E-state index in [0.29, 0.717) is 12.0 Å². The summed E-state index contributed by atoms with van der Waals surface area (Å²) in [6, 6.07) is 6.46. The smallest absolute Gasteiger partial charge is 0.120 e. The highest BCUT2D eigenvalue weighted by Gasteiger charge is 2.24. The van der Waals surface area contributed by atoms with Crippen molar-refractivity contribution in [1.29, 1.82) is 0 Å². The molecule has 1 aromatic carbocycles. The minimum absolute atomic E-state index is 0.367. The molecule has 0 radical (unpaired) electrons. The molecule has 0 spiro atoms. The monoisotopic (exact) mass is 309 g/mol. The Kier molecular flexibility index (Phi) is 6.85. The molecule has 3 heteroatoms. The molecular formula is C18H28ClNO. The maximum absolute atomic E-state index is 6.51. The van der Waals surface area contributed by atoms with Gasteiger partial charge in [-0.25, -0.2) is 0 Å². The summed E-state index contributed by atoms with van der Waals surface area (Å²) in [4.78, 5) is 0. The van der Waals surface area contributed by atoms with Crippen molar-refractivity contribution in [2.24, 2.45) is 5.92 Å². The molecule has 1 aliphatic carbocycles. The number of methoxy groups -OCH3 is 1. The lowest BCUT2D eigenvalue weighted by Crippen LogP contribution is -2.29. The lowest BCUT2D eigenvalue weighted by atomic mass is 9.82. The Morgan fingerprint density at radius 3 is 2.43 bits per heavy atom. The average Bonchev–Trinajstić information content (AvgIpc) is 2.45. The van der Waals surface area contributed by atoms with Crippen LogP contribution in [0.25, 0.3) is 0 Å². The SMILES string of the molecule is CCNC(c1ccc(OC)cc1Cl)C1CCCCCCC1. The van der Waals surface area contributed by atoms with Crippen molar-refractivity contribution < 1.29 is 4.74 Å². The van der Waals surface area contributed by atoms with Crippen LogP contribution in [0.2, 0.25) is 5.02 Å². The zero-order valence-electron chi connectivity index (χ0n) is 13.3. The predicted octanol–water partition coefficient (Wildman–Crippen LogP) is 5.36. The Morgan fingerprint density at radius 2 is 1.86 bits per heavy atom. The normalized spacial score (nSPS) is 18.8. The largest absolute Gasteiger partial charge is 0.497 e. The highest BCUT2D eigenvalue weighted by Crippen LogP contribution is 2.37. The van der Waals surface area contributed by atoms with Crippen LogP contribution in [-0.2, 0) is 0 Å². The van der Waals surface area contributed by atoms with E-state index >= 15 is 0 Å². The molecule has 0 heterocycles. The van der Waals surface area contributed by atoms with Crippen molar-refractivity contribution in [3.8, 4) is 5.75 Å². The van der Waals surface area contributed by atoms with Gasteiger partial charge < -0.3 is 10.1 Å². The summed E-state index contributed by atoms with van der Waals surface area (Å²) in [6.07, 6.45) is 9.47. The molecule has 0 aliphatic heterocycles. The Bertz CT molecular complexity index is 427. The van der Waals surface area contributed by atoms with Crippen molar-refractivity contribution in [3.05, 3.63) is 28.8 Å². The molecule has 1 unspecified atom stereocenters. The van der Waals surface area contributed by atoms with E-state index in [4.69, 9.17) is 16.3 Å². The first kappa shape index (κ1) is 16.6. The quantitative estimate of drug-likeness (QED) is 0.790. The van der Waals surface area contributed by atoms with E-state index in [1.165, 1.54) is 50.5 Å². The molecule has 0 saturated heterocycles. The van der Waals surface area contributed by atoms with Crippen LogP contribution in [0.5, 0.6) is 5.75 Å². The van der Waals surface area contributed by atoms with Gasteiger partial charge in [0, 0.05) is 11.1 Å².